The number of para-hydroxylation sites is 1. The van der Waals surface area contributed by atoms with E-state index in [-0.39, 0.29) is 22.7 Å². The Morgan fingerprint density at radius 2 is 1.78 bits per heavy atom. The zero-order chi connectivity index (χ0) is 20.0. The van der Waals surface area contributed by atoms with E-state index in [2.05, 4.69) is 5.32 Å². The molecule has 0 fully saturated rings. The maximum Gasteiger partial charge on any atom is 0.345 e. The number of ketones is 1. The lowest BCUT2D eigenvalue weighted by atomic mass is 10.1. The van der Waals surface area contributed by atoms with E-state index in [1.807, 2.05) is 0 Å². The Labute approximate surface area is 155 Å². The summed E-state index contributed by atoms with van der Waals surface area (Å²) < 4.78 is 4.94. The molecular weight excluding hydrogens is 352 g/mol. The number of ether oxygens (including phenoxy) is 1. The first-order valence-corrected chi connectivity index (χ1v) is 8.17. The number of benzene rings is 2. The van der Waals surface area contributed by atoms with Gasteiger partial charge in [0.2, 0.25) is 5.91 Å². The number of carbonyl (C=O) groups excluding carboxylic acids is 3. The number of hydrogen-bond acceptors (Lipinski definition) is 6. The van der Waals surface area contributed by atoms with Gasteiger partial charge in [-0.05, 0) is 37.3 Å². The number of carbonyl (C=O) groups is 3. The summed E-state index contributed by atoms with van der Waals surface area (Å²) in [4.78, 5) is 46.1. The van der Waals surface area contributed by atoms with Gasteiger partial charge >= 0.3 is 5.97 Å². The maximum atomic E-state index is 12.2. The van der Waals surface area contributed by atoms with Gasteiger partial charge in [-0.2, -0.15) is 0 Å². The van der Waals surface area contributed by atoms with Crippen LogP contribution in [-0.2, 0) is 9.53 Å². The van der Waals surface area contributed by atoms with Crippen LogP contribution in [0.2, 0.25) is 0 Å². The monoisotopic (exact) mass is 370 g/mol. The van der Waals surface area contributed by atoms with Crippen molar-refractivity contribution < 1.29 is 24.0 Å². The van der Waals surface area contributed by atoms with Crippen molar-refractivity contribution in [3.05, 3.63) is 69.3 Å². The Kier molecular flexibility index (Phi) is 6.37. The van der Waals surface area contributed by atoms with Crippen LogP contribution in [0, 0.1) is 17.0 Å². The lowest BCUT2D eigenvalue weighted by molar-refractivity contribution is -0.385. The number of nitrogens with zero attached hydrogens (tertiary/aromatic N) is 1. The molecule has 27 heavy (non-hydrogen) atoms. The fraction of sp³-hybridized carbons (Fsp3) is 0.211. The van der Waals surface area contributed by atoms with Gasteiger partial charge in [-0.25, -0.2) is 4.79 Å². The van der Waals surface area contributed by atoms with Crippen molar-refractivity contribution in [2.24, 2.45) is 0 Å². The average Bonchev–Trinajstić information content (AvgIpc) is 2.65. The molecule has 0 radical (unpaired) electrons. The molecular formula is C19H18N2O6. The van der Waals surface area contributed by atoms with E-state index in [4.69, 9.17) is 4.74 Å². The molecule has 2 aromatic carbocycles. The van der Waals surface area contributed by atoms with Gasteiger partial charge in [0.05, 0.1) is 4.92 Å². The predicted octanol–water partition coefficient (Wildman–Crippen LogP) is 3.29. The Morgan fingerprint density at radius 3 is 2.37 bits per heavy atom. The van der Waals surface area contributed by atoms with E-state index in [1.54, 1.807) is 19.1 Å². The third-order valence-electron chi connectivity index (χ3n) is 3.79. The molecule has 0 spiro atoms. The molecule has 2 aromatic rings. The van der Waals surface area contributed by atoms with E-state index in [0.717, 1.165) is 0 Å². The van der Waals surface area contributed by atoms with Gasteiger partial charge < -0.3 is 10.1 Å². The second-order valence-corrected chi connectivity index (χ2v) is 5.71. The van der Waals surface area contributed by atoms with Gasteiger partial charge in [0.25, 0.3) is 5.69 Å². The average molecular weight is 370 g/mol. The van der Waals surface area contributed by atoms with Gasteiger partial charge in [0.15, 0.2) is 12.4 Å². The van der Waals surface area contributed by atoms with Crippen LogP contribution < -0.4 is 5.32 Å². The SMILES string of the molecule is CCC(=O)Nc1ccc(C(=O)COC(=O)c2cccc(C)c2[N+](=O)[O-])cc1. The zero-order valence-corrected chi connectivity index (χ0v) is 14.9. The van der Waals surface area contributed by atoms with Crippen molar-refractivity contribution in [1.82, 2.24) is 0 Å². The van der Waals surface area contributed by atoms with Crippen LogP contribution in [0.5, 0.6) is 0 Å². The summed E-state index contributed by atoms with van der Waals surface area (Å²) >= 11 is 0. The quantitative estimate of drug-likeness (QED) is 0.346. The number of hydrogen-bond donors (Lipinski definition) is 1. The summed E-state index contributed by atoms with van der Waals surface area (Å²) in [6.07, 6.45) is 0.335. The predicted molar refractivity (Wildman–Crippen MR) is 97.8 cm³/mol. The van der Waals surface area contributed by atoms with Gasteiger partial charge in [-0.3, -0.25) is 19.7 Å². The molecule has 0 aliphatic heterocycles. The maximum absolute atomic E-state index is 12.2. The molecule has 0 heterocycles. The molecule has 1 amide bonds. The van der Waals surface area contributed by atoms with Crippen LogP contribution >= 0.6 is 0 Å². The van der Waals surface area contributed by atoms with Crippen molar-refractivity contribution in [1.29, 1.82) is 0 Å². The smallest absolute Gasteiger partial charge is 0.345 e. The first-order chi connectivity index (χ1) is 12.8. The van der Waals surface area contributed by atoms with Crippen LogP contribution in [0.4, 0.5) is 11.4 Å². The summed E-state index contributed by atoms with van der Waals surface area (Å²) in [5, 5.41) is 13.8. The van der Waals surface area contributed by atoms with Crippen molar-refractivity contribution in [3.8, 4) is 0 Å². The van der Waals surface area contributed by atoms with Crippen molar-refractivity contribution in [2.45, 2.75) is 20.3 Å². The molecule has 0 saturated heterocycles. The van der Waals surface area contributed by atoms with Gasteiger partial charge in [0, 0.05) is 23.2 Å². The molecule has 0 saturated carbocycles. The lowest BCUT2D eigenvalue weighted by Crippen LogP contribution is -2.16. The van der Waals surface area contributed by atoms with E-state index < -0.39 is 23.3 Å². The fourth-order valence-electron chi connectivity index (χ4n) is 2.35. The second kappa shape index (κ2) is 8.70. The molecule has 0 aliphatic carbocycles. The third-order valence-corrected chi connectivity index (χ3v) is 3.79. The highest BCUT2D eigenvalue weighted by atomic mass is 16.6. The summed E-state index contributed by atoms with van der Waals surface area (Å²) in [5.74, 6) is -1.56. The van der Waals surface area contributed by atoms with Crippen LogP contribution in [0.15, 0.2) is 42.5 Å². The Balaban J connectivity index is 2.03. The second-order valence-electron chi connectivity index (χ2n) is 5.71. The summed E-state index contributed by atoms with van der Waals surface area (Å²) in [5.41, 5.74) is 0.615. The molecule has 0 bridgehead atoms. The molecule has 0 aliphatic rings. The number of nitro benzene ring substituents is 1. The Morgan fingerprint density at radius 1 is 1.11 bits per heavy atom. The number of Topliss-reactive ketones (excluding diaryl/α,β-unsaturated/α-hetero) is 1. The van der Waals surface area contributed by atoms with Crippen LogP contribution in [-0.4, -0.2) is 29.2 Å². The highest BCUT2D eigenvalue weighted by Crippen LogP contribution is 2.23. The van der Waals surface area contributed by atoms with Crippen LogP contribution in [0.1, 0.15) is 39.6 Å². The van der Waals surface area contributed by atoms with Crippen LogP contribution in [0.25, 0.3) is 0 Å². The van der Waals surface area contributed by atoms with E-state index in [0.29, 0.717) is 17.7 Å². The third kappa shape index (κ3) is 4.97. The van der Waals surface area contributed by atoms with E-state index in [1.165, 1.54) is 37.3 Å². The molecule has 0 atom stereocenters. The summed E-state index contributed by atoms with van der Waals surface area (Å²) in [6.45, 7) is 2.68. The number of rotatable bonds is 7. The number of nitro groups is 1. The van der Waals surface area contributed by atoms with E-state index >= 15 is 0 Å². The number of aryl methyl sites for hydroxylation is 1. The summed E-state index contributed by atoms with van der Waals surface area (Å²) in [6, 6.07) is 10.4. The summed E-state index contributed by atoms with van der Waals surface area (Å²) in [7, 11) is 0. The molecule has 8 heteroatoms. The first kappa shape index (κ1) is 19.8. The first-order valence-electron chi connectivity index (χ1n) is 8.17. The number of esters is 1. The fourth-order valence-corrected chi connectivity index (χ4v) is 2.35. The molecule has 1 N–H and O–H groups in total. The minimum absolute atomic E-state index is 0.150. The Bertz CT molecular complexity index is 890. The molecule has 2 rings (SSSR count). The number of anilines is 1. The zero-order valence-electron chi connectivity index (χ0n) is 14.9. The molecule has 0 unspecified atom stereocenters. The largest absolute Gasteiger partial charge is 0.454 e. The van der Waals surface area contributed by atoms with Crippen molar-refractivity contribution >= 4 is 29.0 Å². The minimum atomic E-state index is -0.939. The number of amides is 1. The van der Waals surface area contributed by atoms with E-state index in [9.17, 15) is 24.5 Å². The molecule has 140 valence electrons. The highest BCUT2D eigenvalue weighted by Gasteiger charge is 2.24. The van der Waals surface area contributed by atoms with Gasteiger partial charge in [-0.1, -0.05) is 19.1 Å². The van der Waals surface area contributed by atoms with Gasteiger partial charge in [0.1, 0.15) is 5.56 Å². The highest BCUT2D eigenvalue weighted by molar-refractivity contribution is 6.01. The van der Waals surface area contributed by atoms with Crippen LogP contribution in [0.3, 0.4) is 0 Å². The number of nitrogens with one attached hydrogen (secondary N) is 1. The lowest BCUT2D eigenvalue weighted by Gasteiger charge is -2.07. The normalized spacial score (nSPS) is 10.1. The molecule has 8 nitrogen and oxygen atoms in total. The van der Waals surface area contributed by atoms with Crippen molar-refractivity contribution in [3.63, 3.8) is 0 Å². The molecule has 0 aromatic heterocycles. The van der Waals surface area contributed by atoms with Gasteiger partial charge in [-0.15, -0.1) is 0 Å². The van der Waals surface area contributed by atoms with Crippen molar-refractivity contribution in [2.75, 3.05) is 11.9 Å². The minimum Gasteiger partial charge on any atom is -0.454 e. The topological polar surface area (TPSA) is 116 Å². The standard InChI is InChI=1S/C19H18N2O6/c1-3-17(23)20-14-9-7-13(8-10-14)16(22)11-27-19(24)15-6-4-5-12(2)18(15)21(25)26/h4-10H,3,11H2,1-2H3,(H,20,23). The Hall–Kier alpha value is -3.55.